The maximum Gasteiger partial charge on any atom is 0.356 e. The number of pyridine rings is 4. The summed E-state index contributed by atoms with van der Waals surface area (Å²) in [7, 11) is 2.69. The fourth-order valence-electron chi connectivity index (χ4n) is 9.34. The van der Waals surface area contributed by atoms with Crippen molar-refractivity contribution < 1.29 is 52.3 Å². The summed E-state index contributed by atoms with van der Waals surface area (Å²) in [6.45, 7) is 17.0. The van der Waals surface area contributed by atoms with Crippen LogP contribution in [-0.4, -0.2) is 141 Å². The Morgan fingerprint density at radius 2 is 1.34 bits per heavy atom. The molecule has 0 unspecified atom stereocenters. The minimum Gasteiger partial charge on any atom is -0.489 e. The number of nitrogens with zero attached hydrogens (tertiary/aromatic N) is 7. The van der Waals surface area contributed by atoms with Gasteiger partial charge in [-0.15, -0.1) is 0 Å². The molecule has 4 bridgehead atoms. The Kier molecular flexibility index (Phi) is 15.1. The van der Waals surface area contributed by atoms with Crippen molar-refractivity contribution in [3.8, 4) is 11.5 Å². The molecule has 70 heavy (non-hydrogen) atoms. The quantitative estimate of drug-likeness (QED) is 0.166. The Labute approximate surface area is 407 Å². The van der Waals surface area contributed by atoms with Gasteiger partial charge in [0.25, 0.3) is 0 Å². The number of ether oxygens (including phenoxy) is 8. The Morgan fingerprint density at radius 3 is 1.90 bits per heavy atom. The molecular formula is C49H64N10O11. The van der Waals surface area contributed by atoms with E-state index in [4.69, 9.17) is 43.6 Å². The number of nitrogens with two attached hydrogens (primary N) is 1. The topological polar surface area (TPSA) is 236 Å². The van der Waals surface area contributed by atoms with E-state index in [1.165, 1.54) is 27.1 Å². The summed E-state index contributed by atoms with van der Waals surface area (Å²) >= 11 is 0. The molecule has 2 amide bonds. The smallest absolute Gasteiger partial charge is 0.356 e. The van der Waals surface area contributed by atoms with Crippen LogP contribution in [0.1, 0.15) is 85.5 Å². The van der Waals surface area contributed by atoms with Crippen molar-refractivity contribution in [2.75, 3.05) is 97.9 Å². The molecule has 0 saturated carbocycles. The minimum atomic E-state index is -0.603. The Morgan fingerprint density at radius 1 is 0.771 bits per heavy atom. The van der Waals surface area contributed by atoms with E-state index >= 15 is 0 Å². The number of anilines is 6. The van der Waals surface area contributed by atoms with E-state index in [0.29, 0.717) is 73.7 Å². The molecule has 0 aliphatic carbocycles. The number of carbonyl (C=O) groups is 3. The molecule has 10 heterocycles. The van der Waals surface area contributed by atoms with Gasteiger partial charge in [0.05, 0.1) is 57.2 Å². The summed E-state index contributed by atoms with van der Waals surface area (Å²) in [5.41, 5.74) is 9.98. The molecule has 0 aromatic carbocycles. The first kappa shape index (κ1) is 49.9. The van der Waals surface area contributed by atoms with Gasteiger partial charge < -0.3 is 58.7 Å². The average molecular weight is 969 g/mol. The number of esters is 2. The van der Waals surface area contributed by atoms with Crippen LogP contribution in [0.3, 0.4) is 0 Å². The summed E-state index contributed by atoms with van der Waals surface area (Å²) in [6.07, 6.45) is 7.14. The number of aromatic nitrogens is 4. The third kappa shape index (κ3) is 11.9. The number of rotatable bonds is 9. The zero-order valence-electron chi connectivity index (χ0n) is 41.1. The van der Waals surface area contributed by atoms with Gasteiger partial charge in [-0.2, -0.15) is 0 Å². The number of hydrogen-bond acceptors (Lipinski definition) is 19. The van der Waals surface area contributed by atoms with Crippen molar-refractivity contribution in [3.63, 3.8) is 0 Å². The zero-order valence-corrected chi connectivity index (χ0v) is 41.1. The molecule has 4 saturated heterocycles. The number of fused-ring (bicyclic) bond motifs is 8. The van der Waals surface area contributed by atoms with Gasteiger partial charge in [-0.25, -0.2) is 34.3 Å². The highest BCUT2D eigenvalue weighted by molar-refractivity contribution is 6.05. The third-order valence-corrected chi connectivity index (χ3v) is 12.5. The highest BCUT2D eigenvalue weighted by Gasteiger charge is 2.40. The van der Waals surface area contributed by atoms with Crippen LogP contribution >= 0.6 is 0 Å². The monoisotopic (exact) mass is 968 g/mol. The second-order valence-electron chi connectivity index (χ2n) is 18.8. The second kappa shape index (κ2) is 21.2. The first-order chi connectivity index (χ1) is 33.5. The van der Waals surface area contributed by atoms with Crippen LogP contribution in [0.5, 0.6) is 11.5 Å². The van der Waals surface area contributed by atoms with E-state index in [-0.39, 0.29) is 35.9 Å². The first-order valence-electron chi connectivity index (χ1n) is 23.6. The maximum atomic E-state index is 13.5. The van der Waals surface area contributed by atoms with Crippen LogP contribution in [0.25, 0.3) is 0 Å². The highest BCUT2D eigenvalue weighted by atomic mass is 16.8. The van der Waals surface area contributed by atoms with Crippen LogP contribution in [0.2, 0.25) is 0 Å². The number of aryl methyl sites for hydroxylation is 2. The third-order valence-electron chi connectivity index (χ3n) is 12.5. The lowest BCUT2D eigenvalue weighted by Gasteiger charge is -2.46. The largest absolute Gasteiger partial charge is 0.489 e. The van der Waals surface area contributed by atoms with Crippen LogP contribution in [0.15, 0.2) is 48.8 Å². The van der Waals surface area contributed by atoms with Crippen LogP contribution < -0.4 is 40.5 Å². The van der Waals surface area contributed by atoms with Gasteiger partial charge >= 0.3 is 18.0 Å². The average Bonchev–Trinajstić information content (AvgIpc) is 3.88. The first-order valence-corrected chi connectivity index (χ1v) is 23.6. The van der Waals surface area contributed by atoms with Crippen LogP contribution in [0, 0.1) is 13.8 Å². The summed E-state index contributed by atoms with van der Waals surface area (Å²) < 4.78 is 43.2. The van der Waals surface area contributed by atoms with Gasteiger partial charge in [0.15, 0.2) is 34.6 Å². The number of methoxy groups -OCH3 is 2. The predicted octanol–water partition coefficient (Wildman–Crippen LogP) is 5.89. The molecule has 4 aromatic heterocycles. The maximum absolute atomic E-state index is 13.5. The Balaban J connectivity index is 0.000000160. The van der Waals surface area contributed by atoms with Crippen molar-refractivity contribution in [1.82, 2.24) is 19.9 Å². The summed E-state index contributed by atoms with van der Waals surface area (Å²) in [6, 6.07) is 10.5. The lowest BCUT2D eigenvalue weighted by atomic mass is 9.98. The lowest BCUT2D eigenvalue weighted by molar-refractivity contribution is -0.141. The molecule has 4 fully saturated rings. The van der Waals surface area contributed by atoms with Crippen molar-refractivity contribution in [3.05, 3.63) is 71.3 Å². The molecule has 376 valence electrons. The second-order valence-corrected chi connectivity index (χ2v) is 18.8. The molecule has 21 heteroatoms. The fourth-order valence-corrected chi connectivity index (χ4v) is 9.34. The molecule has 21 nitrogen and oxygen atoms in total. The number of piperidine rings is 2. The molecule has 0 spiro atoms. The van der Waals surface area contributed by atoms with E-state index < -0.39 is 17.5 Å². The summed E-state index contributed by atoms with van der Waals surface area (Å²) in [5, 5.41) is 6.30. The van der Waals surface area contributed by atoms with Crippen LogP contribution in [0.4, 0.5) is 39.4 Å². The summed E-state index contributed by atoms with van der Waals surface area (Å²) in [4.78, 5) is 60.7. The molecular weight excluding hydrogens is 905 g/mol. The van der Waals surface area contributed by atoms with Crippen molar-refractivity contribution in [2.24, 2.45) is 0 Å². The number of nitrogens with one attached hydrogen (secondary N) is 2. The zero-order chi connectivity index (χ0) is 49.7. The molecule has 6 aliphatic rings. The lowest BCUT2D eigenvalue weighted by Crippen LogP contribution is -2.56. The molecule has 4 N–H and O–H groups in total. The van der Waals surface area contributed by atoms with E-state index in [9.17, 15) is 14.4 Å². The minimum absolute atomic E-state index is 0.0347. The van der Waals surface area contributed by atoms with Gasteiger partial charge in [0.2, 0.25) is 0 Å². The van der Waals surface area contributed by atoms with Gasteiger partial charge in [-0.3, -0.25) is 10.2 Å². The Bertz CT molecular complexity index is 2510. The molecule has 10 rings (SSSR count). The Hall–Kier alpha value is -6.55. The van der Waals surface area contributed by atoms with Gasteiger partial charge in [0.1, 0.15) is 48.6 Å². The summed E-state index contributed by atoms with van der Waals surface area (Å²) in [5.74, 6) is 1.37. The van der Waals surface area contributed by atoms with Gasteiger partial charge in [-0.1, -0.05) is 0 Å². The molecule has 0 radical (unpaired) electrons. The van der Waals surface area contributed by atoms with E-state index in [2.05, 4.69) is 40.4 Å². The van der Waals surface area contributed by atoms with E-state index in [0.717, 1.165) is 60.8 Å². The van der Waals surface area contributed by atoms with E-state index in [1.54, 1.807) is 53.7 Å². The van der Waals surface area contributed by atoms with Gasteiger partial charge in [0, 0.05) is 32.2 Å². The molecule has 4 aromatic rings. The standard InChI is InChI=1S/C25H31N5O6.C13H17N3O2.C11H16N2O3/c1-15-10-19(23(31)33-4)27-22-21(15)29-9-5-6-16(12-29)30(22)24(32)28-20-8-7-17(11-26-20)34-13-18-14-35-25(2,3)36-18;1-8-6-10(13(17)18-2)15-12-11(8)16-5-3-4-9(7-16)14-12;1-11(2)15-7-9(16-11)6-14-8-3-4-10(12)13-5-8/h7-8,10-11,16,18H,5-6,9,12-14H2,1-4H3,(H,26,28,32);6,9H,3-5,7H2,1-2H3,(H,14,15);3-5,9H,6-7H2,1-2H3,(H2,12,13)/t16-,18+;2*9-/m001/s1. The van der Waals surface area contributed by atoms with Crippen LogP contribution in [-0.2, 0) is 28.4 Å². The fraction of sp³-hybridized carbons (Fsp3) is 0.531. The van der Waals surface area contributed by atoms with Crippen molar-refractivity contribution >= 4 is 52.6 Å². The SMILES string of the molecule is CC1(C)OC[C@@H](COc2ccc(N)nc2)O1.COC(=O)c1cc(C)c2c(n1)N(C(=O)Nc1ccc(OC[C@@H]3COC(C)(C)O3)cn1)[C@H]1CCCN2C1.COC(=O)c1cc(C)c2c(n1)N[C@H]1CCCN2C1. The number of amides is 2. The van der Waals surface area contributed by atoms with Gasteiger partial charge in [-0.05, 0) is 115 Å². The predicted molar refractivity (Wildman–Crippen MR) is 260 cm³/mol. The van der Waals surface area contributed by atoms with Crippen molar-refractivity contribution in [1.29, 1.82) is 0 Å². The highest BCUT2D eigenvalue weighted by Crippen LogP contribution is 2.41. The molecule has 4 atom stereocenters. The van der Waals surface area contributed by atoms with Crippen molar-refractivity contribution in [2.45, 2.75) is 103 Å². The number of hydrogen-bond donors (Lipinski definition) is 3. The molecule has 6 aliphatic heterocycles. The number of carbonyl (C=O) groups excluding carboxylic acids is 3. The van der Waals surface area contributed by atoms with E-state index in [1.807, 2.05) is 41.5 Å². The number of nitrogen functional groups attached to an aromatic ring is 1. The normalized spacial score (nSPS) is 22.1. The number of urea groups is 1.